The highest BCUT2D eigenvalue weighted by atomic mass is 32.1. The molecule has 0 bridgehead atoms. The van der Waals surface area contributed by atoms with E-state index < -0.39 is 17.7 Å². The largest absolute Gasteiger partial charge is 0.300 e. The Morgan fingerprint density at radius 1 is 1.16 bits per heavy atom. The van der Waals surface area contributed by atoms with Gasteiger partial charge in [-0.15, -0.1) is 11.3 Å². The molecule has 2 aromatic heterocycles. The number of benzene rings is 1. The normalized spacial score (nSPS) is 18.3. The Kier molecular flexibility index (Phi) is 6.37. The topological polar surface area (TPSA) is 77.0 Å². The van der Waals surface area contributed by atoms with Crippen molar-refractivity contribution >= 4 is 28.7 Å². The fraction of sp³-hybridized carbons (Fsp3) is 0.320. The summed E-state index contributed by atoms with van der Waals surface area (Å²) >= 11 is 1.61. The molecule has 1 aliphatic rings. The van der Waals surface area contributed by atoms with Crippen LogP contribution in [0.4, 0.5) is 4.39 Å². The van der Waals surface area contributed by atoms with E-state index in [9.17, 15) is 18.8 Å². The highest BCUT2D eigenvalue weighted by molar-refractivity contribution is 7.09. The van der Waals surface area contributed by atoms with Crippen molar-refractivity contribution < 1.29 is 18.8 Å². The summed E-state index contributed by atoms with van der Waals surface area (Å²) in [6, 6.07) is 7.57. The molecule has 2 unspecified atom stereocenters. The van der Waals surface area contributed by atoms with Crippen molar-refractivity contribution in [3.8, 4) is 11.4 Å². The Morgan fingerprint density at radius 2 is 1.84 bits per heavy atom. The molecule has 0 amide bonds. The fourth-order valence-electron chi connectivity index (χ4n) is 4.45. The van der Waals surface area contributed by atoms with Crippen molar-refractivity contribution in [1.29, 1.82) is 0 Å². The molecular weight excluding hydrogens is 427 g/mol. The third kappa shape index (κ3) is 4.58. The van der Waals surface area contributed by atoms with E-state index in [4.69, 9.17) is 0 Å². The van der Waals surface area contributed by atoms with Crippen LogP contribution in [0.25, 0.3) is 11.4 Å². The molecule has 2 atom stereocenters. The van der Waals surface area contributed by atoms with E-state index >= 15 is 0 Å². The van der Waals surface area contributed by atoms with Crippen LogP contribution in [-0.2, 0) is 20.8 Å². The van der Waals surface area contributed by atoms with Gasteiger partial charge in [0.2, 0.25) is 0 Å². The molecule has 0 spiro atoms. The lowest BCUT2D eigenvalue weighted by molar-refractivity contribution is -0.127. The zero-order valence-electron chi connectivity index (χ0n) is 17.9. The number of carbonyl (C=O) groups excluding carboxylic acids is 3. The minimum atomic E-state index is -0.840. The van der Waals surface area contributed by atoms with Gasteiger partial charge >= 0.3 is 0 Å². The van der Waals surface area contributed by atoms with Gasteiger partial charge in [-0.3, -0.25) is 14.4 Å². The second kappa shape index (κ2) is 9.20. The van der Waals surface area contributed by atoms with Crippen LogP contribution in [0.15, 0.2) is 42.0 Å². The van der Waals surface area contributed by atoms with E-state index in [2.05, 4.69) is 9.97 Å². The van der Waals surface area contributed by atoms with Gasteiger partial charge in [0, 0.05) is 35.6 Å². The van der Waals surface area contributed by atoms with E-state index in [1.807, 2.05) is 43.5 Å². The van der Waals surface area contributed by atoms with Crippen LogP contribution < -0.4 is 0 Å². The number of aromatic nitrogens is 2. The molecule has 0 aliphatic heterocycles. The molecule has 32 heavy (non-hydrogen) atoms. The first-order valence-electron chi connectivity index (χ1n) is 10.5. The van der Waals surface area contributed by atoms with Crippen LogP contribution >= 0.6 is 11.3 Å². The van der Waals surface area contributed by atoms with Crippen molar-refractivity contribution in [2.24, 2.45) is 5.92 Å². The summed E-state index contributed by atoms with van der Waals surface area (Å²) in [5.41, 5.74) is 2.95. The maximum absolute atomic E-state index is 13.1. The molecule has 2 heterocycles. The van der Waals surface area contributed by atoms with Gasteiger partial charge in [0.05, 0.1) is 12.4 Å². The summed E-state index contributed by atoms with van der Waals surface area (Å²) < 4.78 is 13.1. The number of aryl methyl sites for hydroxylation is 3. The van der Waals surface area contributed by atoms with Gasteiger partial charge in [0.15, 0.2) is 17.4 Å². The summed E-state index contributed by atoms with van der Waals surface area (Å²) in [6.07, 6.45) is 3.48. The van der Waals surface area contributed by atoms with Crippen LogP contribution in [-0.4, -0.2) is 27.3 Å². The monoisotopic (exact) mass is 450 g/mol. The summed E-state index contributed by atoms with van der Waals surface area (Å²) in [7, 11) is 0. The summed E-state index contributed by atoms with van der Waals surface area (Å²) in [4.78, 5) is 47.6. The predicted octanol–water partition coefficient (Wildman–Crippen LogP) is 4.79. The maximum atomic E-state index is 13.1. The molecule has 0 radical (unpaired) electrons. The summed E-state index contributed by atoms with van der Waals surface area (Å²) in [5, 5.41) is 1.97. The van der Waals surface area contributed by atoms with Gasteiger partial charge in [-0.2, -0.15) is 0 Å². The fourth-order valence-corrected chi connectivity index (χ4v) is 5.16. The van der Waals surface area contributed by atoms with Gasteiger partial charge in [-0.05, 0) is 60.5 Å². The Balaban J connectivity index is 1.50. The number of halogens is 1. The number of hydrogen-bond acceptors (Lipinski definition) is 6. The first-order valence-corrected chi connectivity index (χ1v) is 11.4. The molecule has 4 rings (SSSR count). The van der Waals surface area contributed by atoms with Crippen molar-refractivity contribution in [2.75, 3.05) is 0 Å². The average molecular weight is 451 g/mol. The molecule has 1 aromatic carbocycles. The Hall–Kier alpha value is -3.06. The minimum Gasteiger partial charge on any atom is -0.300 e. The van der Waals surface area contributed by atoms with Gasteiger partial charge in [0.25, 0.3) is 0 Å². The molecule has 1 saturated carbocycles. The second-order valence-corrected chi connectivity index (χ2v) is 9.31. The zero-order valence-corrected chi connectivity index (χ0v) is 18.7. The molecule has 0 N–H and O–H groups in total. The van der Waals surface area contributed by atoms with E-state index in [-0.39, 0.29) is 30.2 Å². The lowest BCUT2D eigenvalue weighted by Gasteiger charge is -2.17. The van der Waals surface area contributed by atoms with Crippen LogP contribution in [0.2, 0.25) is 0 Å². The minimum absolute atomic E-state index is 0.0162. The van der Waals surface area contributed by atoms with Crippen molar-refractivity contribution in [3.05, 3.63) is 69.4 Å². The summed E-state index contributed by atoms with van der Waals surface area (Å²) in [5.74, 6) is -1.82. The van der Waals surface area contributed by atoms with Crippen LogP contribution in [0.1, 0.15) is 46.7 Å². The van der Waals surface area contributed by atoms with Crippen LogP contribution in [0.3, 0.4) is 0 Å². The SMILES string of the molecule is Cc1cc(-c2ncc(F)cn2)cc(C)c1C1C(=O)CC(CC(=O)CCc2cccs2)C1=O. The first-order chi connectivity index (χ1) is 15.3. The van der Waals surface area contributed by atoms with Gasteiger partial charge in [-0.1, -0.05) is 6.07 Å². The number of thiophene rings is 1. The molecular formula is C25H23FN2O3S. The molecule has 0 saturated heterocycles. The van der Waals surface area contributed by atoms with E-state index in [0.717, 1.165) is 28.4 Å². The Labute approximate surface area is 189 Å². The van der Waals surface area contributed by atoms with Crippen LogP contribution in [0, 0.1) is 25.6 Å². The predicted molar refractivity (Wildman–Crippen MR) is 120 cm³/mol. The number of Topliss-reactive ketones (excluding diaryl/α,β-unsaturated/α-hetero) is 3. The molecule has 3 aromatic rings. The third-order valence-corrected chi connectivity index (χ3v) is 6.86. The van der Waals surface area contributed by atoms with Crippen molar-refractivity contribution in [2.45, 2.75) is 45.4 Å². The number of rotatable bonds is 7. The lowest BCUT2D eigenvalue weighted by Crippen LogP contribution is -2.19. The van der Waals surface area contributed by atoms with Gasteiger partial charge in [0.1, 0.15) is 17.5 Å². The highest BCUT2D eigenvalue weighted by Crippen LogP contribution is 2.38. The van der Waals surface area contributed by atoms with E-state index in [1.165, 1.54) is 0 Å². The maximum Gasteiger partial charge on any atom is 0.159 e. The van der Waals surface area contributed by atoms with Crippen LogP contribution in [0.5, 0.6) is 0 Å². The first kappa shape index (κ1) is 22.1. The average Bonchev–Trinajstić information content (AvgIpc) is 3.36. The smallest absolute Gasteiger partial charge is 0.159 e. The summed E-state index contributed by atoms with van der Waals surface area (Å²) in [6.45, 7) is 3.69. The molecule has 1 aliphatic carbocycles. The van der Waals surface area contributed by atoms with Crippen molar-refractivity contribution in [1.82, 2.24) is 9.97 Å². The zero-order chi connectivity index (χ0) is 22.8. The number of nitrogens with zero attached hydrogens (tertiary/aromatic N) is 2. The highest BCUT2D eigenvalue weighted by Gasteiger charge is 2.43. The number of hydrogen-bond donors (Lipinski definition) is 0. The molecule has 1 fully saturated rings. The van der Waals surface area contributed by atoms with Gasteiger partial charge in [-0.25, -0.2) is 14.4 Å². The van der Waals surface area contributed by atoms with E-state index in [0.29, 0.717) is 29.8 Å². The number of ketones is 3. The van der Waals surface area contributed by atoms with E-state index in [1.54, 1.807) is 11.3 Å². The molecule has 7 heteroatoms. The second-order valence-electron chi connectivity index (χ2n) is 8.27. The molecule has 5 nitrogen and oxygen atoms in total. The van der Waals surface area contributed by atoms with Gasteiger partial charge < -0.3 is 0 Å². The quantitative estimate of drug-likeness (QED) is 0.484. The Bertz CT molecular complexity index is 1150. The number of carbonyl (C=O) groups is 3. The Morgan fingerprint density at radius 3 is 2.47 bits per heavy atom. The lowest BCUT2D eigenvalue weighted by atomic mass is 9.85. The molecule has 164 valence electrons. The standard InChI is InChI=1S/C25H23FN2O3S/c1-14-8-17(25-27-12-18(26)13-28-25)9-15(2)22(14)23-21(30)11-16(24(23)31)10-19(29)5-6-20-4-3-7-32-20/h3-4,7-9,12-13,16,23H,5-6,10-11H2,1-2H3. The third-order valence-electron chi connectivity index (χ3n) is 5.92. The van der Waals surface area contributed by atoms with Crippen molar-refractivity contribution in [3.63, 3.8) is 0 Å².